The standard InChI is InChI=1S/C15H13ClN2O2S/c1-21(19,20)18(11-13-5-2-6-14(16)8-13)15-7-3-4-12(9-15)10-17/h2-9H,11H2,1H3. The first kappa shape index (κ1) is 15.4. The van der Waals surface area contributed by atoms with E-state index in [1.165, 1.54) is 4.31 Å². The monoisotopic (exact) mass is 320 g/mol. The number of benzene rings is 2. The van der Waals surface area contributed by atoms with E-state index in [1.807, 2.05) is 6.07 Å². The van der Waals surface area contributed by atoms with Gasteiger partial charge in [-0.3, -0.25) is 4.31 Å². The maximum atomic E-state index is 12.0. The summed E-state index contributed by atoms with van der Waals surface area (Å²) in [5.41, 5.74) is 1.64. The van der Waals surface area contributed by atoms with Gasteiger partial charge >= 0.3 is 0 Å². The Morgan fingerprint density at radius 1 is 1.19 bits per heavy atom. The van der Waals surface area contributed by atoms with Crippen LogP contribution in [-0.2, 0) is 16.6 Å². The quantitative estimate of drug-likeness (QED) is 0.869. The molecular weight excluding hydrogens is 308 g/mol. The first-order valence-electron chi connectivity index (χ1n) is 6.12. The molecule has 2 aromatic rings. The smallest absolute Gasteiger partial charge is 0.232 e. The number of anilines is 1. The van der Waals surface area contributed by atoms with Crippen molar-refractivity contribution in [1.82, 2.24) is 0 Å². The molecule has 0 fully saturated rings. The molecule has 0 spiro atoms. The highest BCUT2D eigenvalue weighted by atomic mass is 35.5. The van der Waals surface area contributed by atoms with E-state index in [1.54, 1.807) is 48.5 Å². The summed E-state index contributed by atoms with van der Waals surface area (Å²) in [7, 11) is -3.47. The Kier molecular flexibility index (Phi) is 4.51. The van der Waals surface area contributed by atoms with Crippen LogP contribution in [0.3, 0.4) is 0 Å². The summed E-state index contributed by atoms with van der Waals surface area (Å²) < 4.78 is 25.3. The van der Waals surface area contributed by atoms with Crippen LogP contribution in [0.1, 0.15) is 11.1 Å². The van der Waals surface area contributed by atoms with Crippen LogP contribution in [0.4, 0.5) is 5.69 Å². The predicted molar refractivity (Wildman–Crippen MR) is 83.6 cm³/mol. The SMILES string of the molecule is CS(=O)(=O)N(Cc1cccc(Cl)c1)c1cccc(C#N)c1. The van der Waals surface area contributed by atoms with Crippen molar-refractivity contribution in [2.75, 3.05) is 10.6 Å². The van der Waals surface area contributed by atoms with Crippen LogP contribution in [0.5, 0.6) is 0 Å². The lowest BCUT2D eigenvalue weighted by atomic mass is 10.2. The first-order valence-corrected chi connectivity index (χ1v) is 8.35. The highest BCUT2D eigenvalue weighted by Gasteiger charge is 2.18. The van der Waals surface area contributed by atoms with Gasteiger partial charge in [0.1, 0.15) is 0 Å². The average Bonchev–Trinajstić information content (AvgIpc) is 2.44. The molecule has 0 N–H and O–H groups in total. The molecule has 0 saturated carbocycles. The molecule has 0 heterocycles. The average molecular weight is 321 g/mol. The lowest BCUT2D eigenvalue weighted by molar-refractivity contribution is 0.596. The van der Waals surface area contributed by atoms with E-state index in [9.17, 15) is 8.42 Å². The molecule has 0 aliphatic carbocycles. The Labute approximate surface area is 129 Å². The number of sulfonamides is 1. The number of rotatable bonds is 4. The minimum Gasteiger partial charge on any atom is -0.266 e. The molecule has 21 heavy (non-hydrogen) atoms. The van der Waals surface area contributed by atoms with E-state index in [2.05, 4.69) is 0 Å². The van der Waals surface area contributed by atoms with Gasteiger partial charge in [-0.15, -0.1) is 0 Å². The molecule has 0 atom stereocenters. The van der Waals surface area contributed by atoms with Crippen molar-refractivity contribution in [3.63, 3.8) is 0 Å². The van der Waals surface area contributed by atoms with Crippen LogP contribution in [0, 0.1) is 11.3 Å². The van der Waals surface area contributed by atoms with E-state index in [4.69, 9.17) is 16.9 Å². The Bertz CT molecular complexity index is 797. The summed E-state index contributed by atoms with van der Waals surface area (Å²) in [6.07, 6.45) is 1.14. The van der Waals surface area contributed by atoms with Gasteiger partial charge in [0.15, 0.2) is 0 Å². The van der Waals surface area contributed by atoms with E-state index < -0.39 is 10.0 Å². The molecule has 0 aliphatic heterocycles. The van der Waals surface area contributed by atoms with Crippen LogP contribution >= 0.6 is 11.6 Å². The summed E-state index contributed by atoms with van der Waals surface area (Å²) >= 11 is 5.93. The number of halogens is 1. The maximum absolute atomic E-state index is 12.0. The summed E-state index contributed by atoms with van der Waals surface area (Å²) in [6.45, 7) is 0.161. The largest absolute Gasteiger partial charge is 0.266 e. The summed E-state index contributed by atoms with van der Waals surface area (Å²) in [4.78, 5) is 0. The van der Waals surface area contributed by atoms with Crippen LogP contribution in [-0.4, -0.2) is 14.7 Å². The lowest BCUT2D eigenvalue weighted by Crippen LogP contribution is -2.29. The minimum absolute atomic E-state index is 0.161. The van der Waals surface area contributed by atoms with Crippen LogP contribution in [0.15, 0.2) is 48.5 Å². The van der Waals surface area contributed by atoms with Crippen molar-refractivity contribution in [3.05, 3.63) is 64.7 Å². The van der Waals surface area contributed by atoms with Gasteiger partial charge in [0.05, 0.1) is 30.1 Å². The number of nitriles is 1. The van der Waals surface area contributed by atoms with E-state index in [0.717, 1.165) is 11.8 Å². The van der Waals surface area contributed by atoms with Gasteiger partial charge in [0, 0.05) is 5.02 Å². The molecule has 0 radical (unpaired) electrons. The number of hydrogen-bond acceptors (Lipinski definition) is 3. The zero-order chi connectivity index (χ0) is 15.5. The normalized spacial score (nSPS) is 10.9. The first-order chi connectivity index (χ1) is 9.90. The van der Waals surface area contributed by atoms with E-state index >= 15 is 0 Å². The molecule has 0 amide bonds. The third-order valence-electron chi connectivity index (χ3n) is 2.88. The van der Waals surface area contributed by atoms with Crippen molar-refractivity contribution in [1.29, 1.82) is 5.26 Å². The number of nitrogens with zero attached hydrogens (tertiary/aromatic N) is 2. The molecule has 2 rings (SSSR count). The number of hydrogen-bond donors (Lipinski definition) is 0. The van der Waals surface area contributed by atoms with E-state index in [-0.39, 0.29) is 6.54 Å². The van der Waals surface area contributed by atoms with Crippen LogP contribution in [0.2, 0.25) is 5.02 Å². The fourth-order valence-corrected chi connectivity index (χ4v) is 3.02. The fourth-order valence-electron chi connectivity index (χ4n) is 1.93. The maximum Gasteiger partial charge on any atom is 0.232 e. The Balaban J connectivity index is 2.42. The van der Waals surface area contributed by atoms with Crippen LogP contribution in [0.25, 0.3) is 0 Å². The lowest BCUT2D eigenvalue weighted by Gasteiger charge is -2.22. The minimum atomic E-state index is -3.47. The molecule has 108 valence electrons. The van der Waals surface area contributed by atoms with Gasteiger partial charge in [0.25, 0.3) is 0 Å². The molecule has 4 nitrogen and oxygen atoms in total. The van der Waals surface area contributed by atoms with Gasteiger partial charge in [-0.05, 0) is 35.9 Å². The van der Waals surface area contributed by atoms with Crippen molar-refractivity contribution < 1.29 is 8.42 Å². The fraction of sp³-hybridized carbons (Fsp3) is 0.133. The highest BCUT2D eigenvalue weighted by Crippen LogP contribution is 2.22. The van der Waals surface area contributed by atoms with Crippen molar-refractivity contribution in [3.8, 4) is 6.07 Å². The second-order valence-electron chi connectivity index (χ2n) is 4.56. The molecule has 0 aromatic heterocycles. The van der Waals surface area contributed by atoms with Crippen molar-refractivity contribution in [2.24, 2.45) is 0 Å². The third kappa shape index (κ3) is 3.97. The van der Waals surface area contributed by atoms with Gasteiger partial charge in [-0.25, -0.2) is 8.42 Å². The molecule has 6 heteroatoms. The molecule has 0 unspecified atom stereocenters. The highest BCUT2D eigenvalue weighted by molar-refractivity contribution is 7.92. The van der Waals surface area contributed by atoms with Crippen molar-refractivity contribution >= 4 is 27.3 Å². The van der Waals surface area contributed by atoms with Gasteiger partial charge in [-0.1, -0.05) is 29.8 Å². The van der Waals surface area contributed by atoms with Crippen LogP contribution < -0.4 is 4.31 Å². The Hall–Kier alpha value is -2.03. The molecule has 0 saturated heterocycles. The molecule has 2 aromatic carbocycles. The zero-order valence-corrected chi connectivity index (χ0v) is 12.9. The molecular formula is C15H13ClN2O2S. The summed E-state index contributed by atoms with van der Waals surface area (Å²) in [5, 5.41) is 9.49. The molecule has 0 bridgehead atoms. The summed E-state index contributed by atoms with van der Waals surface area (Å²) in [6, 6.07) is 15.5. The predicted octanol–water partition coefficient (Wildman–Crippen LogP) is 3.18. The zero-order valence-electron chi connectivity index (χ0n) is 11.3. The molecule has 0 aliphatic rings. The third-order valence-corrected chi connectivity index (χ3v) is 4.25. The summed E-state index contributed by atoms with van der Waals surface area (Å²) in [5.74, 6) is 0. The second-order valence-corrected chi connectivity index (χ2v) is 6.90. The Morgan fingerprint density at radius 3 is 2.52 bits per heavy atom. The van der Waals surface area contributed by atoms with Crippen molar-refractivity contribution in [2.45, 2.75) is 6.54 Å². The van der Waals surface area contributed by atoms with E-state index in [0.29, 0.717) is 16.3 Å². The second kappa shape index (κ2) is 6.17. The topological polar surface area (TPSA) is 61.2 Å². The van der Waals surface area contributed by atoms with Gasteiger partial charge < -0.3 is 0 Å². The van der Waals surface area contributed by atoms with Gasteiger partial charge in [0.2, 0.25) is 10.0 Å². The van der Waals surface area contributed by atoms with Gasteiger partial charge in [-0.2, -0.15) is 5.26 Å². The Morgan fingerprint density at radius 2 is 1.90 bits per heavy atom.